The quantitative estimate of drug-likeness (QED) is 0.736. The largest absolute Gasteiger partial charge is 0.385 e. The summed E-state index contributed by atoms with van der Waals surface area (Å²) >= 11 is 0. The third kappa shape index (κ3) is 6.03. The fourth-order valence-corrected chi connectivity index (χ4v) is 2.40. The van der Waals surface area contributed by atoms with E-state index in [9.17, 15) is 4.79 Å². The van der Waals surface area contributed by atoms with Crippen molar-refractivity contribution in [2.45, 2.75) is 26.0 Å². The summed E-state index contributed by atoms with van der Waals surface area (Å²) in [7, 11) is 1.65. The number of rotatable bonds is 7. The average Bonchev–Trinajstić information content (AvgIpc) is 2.57. The number of nitrogens with zero attached hydrogens (tertiary/aromatic N) is 2. The average molecular weight is 322 g/mol. The van der Waals surface area contributed by atoms with Crippen LogP contribution in [0.5, 0.6) is 0 Å². The highest BCUT2D eigenvalue weighted by Crippen LogP contribution is 2.15. The van der Waals surface area contributed by atoms with Crippen LogP contribution in [0.25, 0.3) is 0 Å². The lowest BCUT2D eigenvalue weighted by atomic mass is 10.2. The van der Waals surface area contributed by atoms with E-state index in [1.807, 2.05) is 12.1 Å². The number of urea groups is 1. The van der Waals surface area contributed by atoms with Gasteiger partial charge in [-0.3, -0.25) is 0 Å². The fourth-order valence-electron chi connectivity index (χ4n) is 2.40. The van der Waals surface area contributed by atoms with E-state index in [0.717, 1.165) is 37.5 Å². The molecule has 7 nitrogen and oxygen atoms in total. The zero-order valence-electron chi connectivity index (χ0n) is 13.9. The molecule has 0 unspecified atom stereocenters. The predicted molar refractivity (Wildman–Crippen MR) is 88.6 cm³/mol. The number of hydrogen-bond acceptors (Lipinski definition) is 5. The zero-order valence-corrected chi connectivity index (χ0v) is 13.9. The van der Waals surface area contributed by atoms with Gasteiger partial charge in [0.2, 0.25) is 0 Å². The van der Waals surface area contributed by atoms with E-state index < -0.39 is 0 Å². The van der Waals surface area contributed by atoms with Gasteiger partial charge in [0.05, 0.1) is 12.7 Å². The second kappa shape index (κ2) is 9.32. The molecule has 2 amide bonds. The van der Waals surface area contributed by atoms with Crippen LogP contribution in [0.1, 0.15) is 18.9 Å². The molecule has 128 valence electrons. The normalized spacial score (nSPS) is 17.8. The molecule has 0 aromatic carbocycles. The third-order valence-corrected chi connectivity index (χ3v) is 3.64. The summed E-state index contributed by atoms with van der Waals surface area (Å²) in [5.74, 6) is 0.952. The van der Waals surface area contributed by atoms with Crippen molar-refractivity contribution in [2.75, 3.05) is 44.9 Å². The van der Waals surface area contributed by atoms with Crippen molar-refractivity contribution in [1.82, 2.24) is 15.6 Å². The van der Waals surface area contributed by atoms with Crippen molar-refractivity contribution >= 4 is 11.8 Å². The molecule has 0 saturated carbocycles. The van der Waals surface area contributed by atoms with E-state index in [1.54, 1.807) is 13.3 Å². The van der Waals surface area contributed by atoms with E-state index in [4.69, 9.17) is 9.47 Å². The van der Waals surface area contributed by atoms with Crippen molar-refractivity contribution in [2.24, 2.45) is 0 Å². The molecule has 2 rings (SSSR count). The molecule has 0 radical (unpaired) electrons. The van der Waals surface area contributed by atoms with Crippen LogP contribution in [0.4, 0.5) is 10.6 Å². The Balaban J connectivity index is 1.73. The number of nitrogens with one attached hydrogen (secondary N) is 2. The van der Waals surface area contributed by atoms with Crippen molar-refractivity contribution in [3.63, 3.8) is 0 Å². The number of methoxy groups -OCH3 is 1. The lowest BCUT2D eigenvalue weighted by Gasteiger charge is -2.32. The molecule has 2 heterocycles. The van der Waals surface area contributed by atoms with E-state index >= 15 is 0 Å². The Morgan fingerprint density at radius 2 is 2.35 bits per heavy atom. The Labute approximate surface area is 137 Å². The second-order valence-electron chi connectivity index (χ2n) is 5.61. The summed E-state index contributed by atoms with van der Waals surface area (Å²) in [6, 6.07) is 3.81. The van der Waals surface area contributed by atoms with Crippen LogP contribution in [-0.4, -0.2) is 57.1 Å². The van der Waals surface area contributed by atoms with Crippen LogP contribution in [0.15, 0.2) is 18.3 Å². The molecule has 2 N–H and O–H groups in total. The van der Waals surface area contributed by atoms with Gasteiger partial charge in [0.1, 0.15) is 5.82 Å². The predicted octanol–water partition coefficient (Wildman–Crippen LogP) is 1.14. The van der Waals surface area contributed by atoms with Gasteiger partial charge in [-0.25, -0.2) is 9.78 Å². The Hall–Kier alpha value is -1.86. The minimum atomic E-state index is -0.174. The number of carbonyl (C=O) groups is 1. The van der Waals surface area contributed by atoms with Crippen LogP contribution < -0.4 is 15.5 Å². The summed E-state index contributed by atoms with van der Waals surface area (Å²) in [6.45, 7) is 6.22. The Morgan fingerprint density at radius 1 is 1.48 bits per heavy atom. The summed E-state index contributed by atoms with van der Waals surface area (Å²) in [4.78, 5) is 18.3. The van der Waals surface area contributed by atoms with Crippen molar-refractivity contribution in [3.8, 4) is 0 Å². The Bertz CT molecular complexity index is 481. The number of anilines is 1. The van der Waals surface area contributed by atoms with Crippen molar-refractivity contribution in [1.29, 1.82) is 0 Å². The SMILES string of the molecule is COCCCNC(=O)NCc1ccc(N2CCO[C@H](C)C2)nc1. The molecular weight excluding hydrogens is 296 g/mol. The maximum Gasteiger partial charge on any atom is 0.315 e. The third-order valence-electron chi connectivity index (χ3n) is 3.64. The number of aromatic nitrogens is 1. The fraction of sp³-hybridized carbons (Fsp3) is 0.625. The van der Waals surface area contributed by atoms with E-state index in [2.05, 4.69) is 27.4 Å². The smallest absolute Gasteiger partial charge is 0.315 e. The number of morpholine rings is 1. The molecule has 0 aliphatic carbocycles. The number of hydrogen-bond donors (Lipinski definition) is 2. The highest BCUT2D eigenvalue weighted by molar-refractivity contribution is 5.73. The van der Waals surface area contributed by atoms with Gasteiger partial charge in [0.25, 0.3) is 0 Å². The Kier molecular flexibility index (Phi) is 7.09. The molecule has 1 saturated heterocycles. The van der Waals surface area contributed by atoms with Gasteiger partial charge in [-0.2, -0.15) is 0 Å². The molecule has 23 heavy (non-hydrogen) atoms. The van der Waals surface area contributed by atoms with Gasteiger partial charge in [0, 0.05) is 46.1 Å². The lowest BCUT2D eigenvalue weighted by molar-refractivity contribution is 0.0529. The summed E-state index contributed by atoms with van der Waals surface area (Å²) in [5, 5.41) is 5.60. The minimum absolute atomic E-state index is 0.174. The van der Waals surface area contributed by atoms with Gasteiger partial charge in [-0.15, -0.1) is 0 Å². The first-order valence-electron chi connectivity index (χ1n) is 8.01. The number of pyridine rings is 1. The van der Waals surface area contributed by atoms with Crippen LogP contribution in [0.3, 0.4) is 0 Å². The number of carbonyl (C=O) groups excluding carboxylic acids is 1. The first-order valence-corrected chi connectivity index (χ1v) is 8.01. The molecule has 1 atom stereocenters. The van der Waals surface area contributed by atoms with Crippen LogP contribution in [0.2, 0.25) is 0 Å². The maximum atomic E-state index is 11.6. The van der Waals surface area contributed by atoms with Gasteiger partial charge >= 0.3 is 6.03 Å². The highest BCUT2D eigenvalue weighted by Gasteiger charge is 2.17. The van der Waals surface area contributed by atoms with Crippen LogP contribution >= 0.6 is 0 Å². The molecule has 7 heteroatoms. The van der Waals surface area contributed by atoms with Gasteiger partial charge in [0.15, 0.2) is 0 Å². The first-order chi connectivity index (χ1) is 11.2. The van der Waals surface area contributed by atoms with Crippen molar-refractivity contribution in [3.05, 3.63) is 23.9 Å². The Morgan fingerprint density at radius 3 is 3.04 bits per heavy atom. The van der Waals surface area contributed by atoms with E-state index in [-0.39, 0.29) is 12.1 Å². The standard InChI is InChI=1S/C16H26N4O3/c1-13-12-20(7-9-23-13)15-5-4-14(10-18-15)11-19-16(21)17-6-3-8-22-2/h4-5,10,13H,3,6-9,11-12H2,1-2H3,(H2,17,19,21)/t13-/m1/s1. The molecule has 1 fully saturated rings. The molecule has 1 aliphatic rings. The second-order valence-corrected chi connectivity index (χ2v) is 5.61. The maximum absolute atomic E-state index is 11.6. The summed E-state index contributed by atoms with van der Waals surface area (Å²) in [5.41, 5.74) is 0.974. The minimum Gasteiger partial charge on any atom is -0.385 e. The molecule has 0 spiro atoms. The highest BCUT2D eigenvalue weighted by atomic mass is 16.5. The topological polar surface area (TPSA) is 75.7 Å². The van der Waals surface area contributed by atoms with Gasteiger partial charge < -0.3 is 25.0 Å². The molecule has 1 aromatic heterocycles. The lowest BCUT2D eigenvalue weighted by Crippen LogP contribution is -2.41. The number of ether oxygens (including phenoxy) is 2. The van der Waals surface area contributed by atoms with E-state index in [0.29, 0.717) is 19.7 Å². The summed E-state index contributed by atoms with van der Waals surface area (Å²) < 4.78 is 10.5. The molecule has 1 aliphatic heterocycles. The molecular formula is C16H26N4O3. The molecule has 0 bridgehead atoms. The van der Waals surface area contributed by atoms with Crippen LogP contribution in [0, 0.1) is 0 Å². The zero-order chi connectivity index (χ0) is 16.5. The van der Waals surface area contributed by atoms with Crippen LogP contribution in [-0.2, 0) is 16.0 Å². The van der Waals surface area contributed by atoms with E-state index in [1.165, 1.54) is 0 Å². The monoisotopic (exact) mass is 322 g/mol. The molecule has 1 aromatic rings. The van der Waals surface area contributed by atoms with Crippen molar-refractivity contribution < 1.29 is 14.3 Å². The first kappa shape index (κ1) is 17.5. The summed E-state index contributed by atoms with van der Waals surface area (Å²) in [6.07, 6.45) is 2.84. The van der Waals surface area contributed by atoms with Gasteiger partial charge in [-0.05, 0) is 25.0 Å². The van der Waals surface area contributed by atoms with Gasteiger partial charge in [-0.1, -0.05) is 6.07 Å². The number of amides is 2.